The molecule has 118 valence electrons. The number of aryl methyl sites for hydroxylation is 1. The van der Waals surface area contributed by atoms with E-state index in [1.165, 1.54) is 21.8 Å². The maximum absolute atomic E-state index is 11.9. The summed E-state index contributed by atoms with van der Waals surface area (Å²) < 4.78 is 0. The molecule has 0 radical (unpaired) electrons. The minimum atomic E-state index is 0.127. The number of aromatic amines is 1. The van der Waals surface area contributed by atoms with Gasteiger partial charge in [0, 0.05) is 48.6 Å². The highest BCUT2D eigenvalue weighted by atomic mass is 32.1. The van der Waals surface area contributed by atoms with Crippen LogP contribution in [0.1, 0.15) is 35.2 Å². The number of carbonyl (C=O) groups is 1. The van der Waals surface area contributed by atoms with Crippen LogP contribution in [0.15, 0.2) is 17.5 Å². The topological polar surface area (TPSA) is 61.0 Å². The van der Waals surface area contributed by atoms with Crippen molar-refractivity contribution < 1.29 is 4.79 Å². The molecule has 3 rings (SSSR count). The summed E-state index contributed by atoms with van der Waals surface area (Å²) in [6.07, 6.45) is 2.51. The summed E-state index contributed by atoms with van der Waals surface area (Å²) in [5, 5.41) is 12.5. The van der Waals surface area contributed by atoms with Crippen LogP contribution in [0, 0.1) is 0 Å². The van der Waals surface area contributed by atoms with E-state index in [2.05, 4.69) is 27.3 Å². The molecule has 0 saturated carbocycles. The van der Waals surface area contributed by atoms with E-state index in [1.807, 2.05) is 17.5 Å². The quantitative estimate of drug-likeness (QED) is 0.857. The Bertz CT molecular complexity index is 607. The number of hydrogen-bond donors (Lipinski definition) is 2. The Morgan fingerprint density at radius 1 is 1.55 bits per heavy atom. The van der Waals surface area contributed by atoms with E-state index >= 15 is 0 Å². The third kappa shape index (κ3) is 3.56. The SMILES string of the molecule is CCc1n[nH]c2c1CN(CCC(=O)NCc1cccs1)CC2. The lowest BCUT2D eigenvalue weighted by atomic mass is 10.0. The van der Waals surface area contributed by atoms with Crippen LogP contribution in [0.4, 0.5) is 0 Å². The highest BCUT2D eigenvalue weighted by molar-refractivity contribution is 7.09. The molecule has 0 saturated heterocycles. The number of carbonyl (C=O) groups excluding carboxylic acids is 1. The van der Waals surface area contributed by atoms with Gasteiger partial charge in [-0.25, -0.2) is 0 Å². The van der Waals surface area contributed by atoms with Crippen LogP contribution in [-0.4, -0.2) is 34.1 Å². The zero-order valence-electron chi connectivity index (χ0n) is 12.9. The van der Waals surface area contributed by atoms with Crippen molar-refractivity contribution in [2.45, 2.75) is 39.3 Å². The summed E-state index contributed by atoms with van der Waals surface area (Å²) in [6.45, 7) is 5.49. The van der Waals surface area contributed by atoms with Crippen LogP contribution in [-0.2, 0) is 30.7 Å². The fraction of sp³-hybridized carbons (Fsp3) is 0.500. The molecule has 5 nitrogen and oxygen atoms in total. The molecule has 2 N–H and O–H groups in total. The predicted octanol–water partition coefficient (Wildman–Crippen LogP) is 2.10. The van der Waals surface area contributed by atoms with Gasteiger partial charge in [-0.1, -0.05) is 13.0 Å². The van der Waals surface area contributed by atoms with Crippen LogP contribution in [0.3, 0.4) is 0 Å². The van der Waals surface area contributed by atoms with Crippen LogP contribution in [0.2, 0.25) is 0 Å². The largest absolute Gasteiger partial charge is 0.351 e. The van der Waals surface area contributed by atoms with E-state index in [4.69, 9.17) is 0 Å². The summed E-state index contributed by atoms with van der Waals surface area (Å²) in [5.41, 5.74) is 3.78. The smallest absolute Gasteiger partial charge is 0.221 e. The Kier molecular flexibility index (Phi) is 4.90. The van der Waals surface area contributed by atoms with Gasteiger partial charge in [0.1, 0.15) is 0 Å². The van der Waals surface area contributed by atoms with Crippen molar-refractivity contribution in [2.24, 2.45) is 0 Å². The molecule has 0 atom stereocenters. The lowest BCUT2D eigenvalue weighted by Gasteiger charge is -2.26. The van der Waals surface area contributed by atoms with E-state index < -0.39 is 0 Å². The van der Waals surface area contributed by atoms with Crippen molar-refractivity contribution in [2.75, 3.05) is 13.1 Å². The van der Waals surface area contributed by atoms with Crippen LogP contribution >= 0.6 is 11.3 Å². The van der Waals surface area contributed by atoms with Gasteiger partial charge in [-0.2, -0.15) is 5.10 Å². The van der Waals surface area contributed by atoms with Crippen molar-refractivity contribution in [3.8, 4) is 0 Å². The molecule has 6 heteroatoms. The molecule has 0 aliphatic carbocycles. The Morgan fingerprint density at radius 2 is 2.45 bits per heavy atom. The van der Waals surface area contributed by atoms with E-state index in [0.717, 1.165) is 32.5 Å². The second-order valence-corrected chi connectivity index (χ2v) is 6.65. The normalized spacial score (nSPS) is 14.8. The van der Waals surface area contributed by atoms with Crippen LogP contribution in [0.25, 0.3) is 0 Å². The minimum absolute atomic E-state index is 0.127. The first-order valence-corrected chi connectivity index (χ1v) is 8.70. The van der Waals surface area contributed by atoms with Crippen LogP contribution < -0.4 is 5.32 Å². The van der Waals surface area contributed by atoms with Gasteiger partial charge in [0.25, 0.3) is 0 Å². The minimum Gasteiger partial charge on any atom is -0.351 e. The number of amides is 1. The van der Waals surface area contributed by atoms with Crippen molar-refractivity contribution in [1.82, 2.24) is 20.4 Å². The van der Waals surface area contributed by atoms with Gasteiger partial charge in [-0.05, 0) is 17.9 Å². The molecule has 1 aliphatic heterocycles. The van der Waals surface area contributed by atoms with E-state index in [9.17, 15) is 4.79 Å². The lowest BCUT2D eigenvalue weighted by molar-refractivity contribution is -0.121. The molecule has 2 aromatic heterocycles. The zero-order chi connectivity index (χ0) is 15.4. The first kappa shape index (κ1) is 15.2. The highest BCUT2D eigenvalue weighted by Crippen LogP contribution is 2.20. The molecule has 1 amide bonds. The lowest BCUT2D eigenvalue weighted by Crippen LogP contribution is -2.34. The summed E-state index contributed by atoms with van der Waals surface area (Å²) >= 11 is 1.67. The number of nitrogens with one attached hydrogen (secondary N) is 2. The number of hydrogen-bond acceptors (Lipinski definition) is 4. The molecular formula is C16H22N4OS. The molecule has 0 spiro atoms. The first-order chi connectivity index (χ1) is 10.8. The van der Waals surface area contributed by atoms with E-state index in [0.29, 0.717) is 13.0 Å². The van der Waals surface area contributed by atoms with Gasteiger partial charge >= 0.3 is 0 Å². The van der Waals surface area contributed by atoms with Crippen molar-refractivity contribution >= 4 is 17.2 Å². The summed E-state index contributed by atoms with van der Waals surface area (Å²) in [6, 6.07) is 4.05. The molecule has 0 bridgehead atoms. The van der Waals surface area contributed by atoms with Crippen molar-refractivity contribution in [1.29, 1.82) is 0 Å². The number of fused-ring (bicyclic) bond motifs is 1. The summed E-state index contributed by atoms with van der Waals surface area (Å²) in [5.74, 6) is 0.127. The molecule has 22 heavy (non-hydrogen) atoms. The van der Waals surface area contributed by atoms with Gasteiger partial charge in [-0.15, -0.1) is 11.3 Å². The molecular weight excluding hydrogens is 296 g/mol. The average Bonchev–Trinajstić information content (AvgIpc) is 3.19. The van der Waals surface area contributed by atoms with E-state index in [1.54, 1.807) is 11.3 Å². The number of aromatic nitrogens is 2. The second kappa shape index (κ2) is 7.07. The number of rotatable bonds is 6. The van der Waals surface area contributed by atoms with Gasteiger partial charge in [0.2, 0.25) is 5.91 Å². The average molecular weight is 318 g/mol. The van der Waals surface area contributed by atoms with E-state index in [-0.39, 0.29) is 5.91 Å². The Hall–Kier alpha value is -1.66. The number of nitrogens with zero attached hydrogens (tertiary/aromatic N) is 2. The zero-order valence-corrected chi connectivity index (χ0v) is 13.7. The Labute approximate surface area is 134 Å². The highest BCUT2D eigenvalue weighted by Gasteiger charge is 2.21. The molecule has 3 heterocycles. The molecule has 0 fully saturated rings. The fourth-order valence-corrected chi connectivity index (χ4v) is 3.48. The monoisotopic (exact) mass is 318 g/mol. The van der Waals surface area contributed by atoms with Gasteiger partial charge in [-0.3, -0.25) is 14.8 Å². The number of thiophene rings is 1. The van der Waals surface area contributed by atoms with Crippen molar-refractivity contribution in [3.63, 3.8) is 0 Å². The number of H-pyrrole nitrogens is 1. The molecule has 0 unspecified atom stereocenters. The molecule has 2 aromatic rings. The van der Waals surface area contributed by atoms with Gasteiger partial charge in [0.05, 0.1) is 12.2 Å². The Morgan fingerprint density at radius 3 is 3.23 bits per heavy atom. The standard InChI is InChI=1S/C16H22N4OS/c1-2-14-13-11-20(7-5-15(13)19-18-14)8-6-16(21)17-10-12-4-3-9-22-12/h3-4,9H,2,5-8,10-11H2,1H3,(H,17,21)(H,18,19). The second-order valence-electron chi connectivity index (χ2n) is 5.61. The van der Waals surface area contributed by atoms with Crippen molar-refractivity contribution in [3.05, 3.63) is 39.3 Å². The fourth-order valence-electron chi connectivity index (χ4n) is 2.84. The van der Waals surface area contributed by atoms with Crippen LogP contribution in [0.5, 0.6) is 0 Å². The molecule has 0 aromatic carbocycles. The third-order valence-corrected chi connectivity index (χ3v) is 5.00. The van der Waals surface area contributed by atoms with Gasteiger partial charge < -0.3 is 5.32 Å². The van der Waals surface area contributed by atoms with Gasteiger partial charge in [0.15, 0.2) is 0 Å². The Balaban J connectivity index is 1.45. The first-order valence-electron chi connectivity index (χ1n) is 7.82. The molecule has 1 aliphatic rings. The summed E-state index contributed by atoms with van der Waals surface area (Å²) in [4.78, 5) is 15.5. The third-order valence-electron chi connectivity index (χ3n) is 4.13. The maximum atomic E-state index is 11.9. The predicted molar refractivity (Wildman–Crippen MR) is 87.7 cm³/mol. The summed E-state index contributed by atoms with van der Waals surface area (Å²) in [7, 11) is 0. The maximum Gasteiger partial charge on any atom is 0.221 e.